The van der Waals surface area contributed by atoms with Gasteiger partial charge in [-0.25, -0.2) is 9.79 Å². The number of nitrogens with one attached hydrogen (secondary N) is 1. The van der Waals surface area contributed by atoms with Crippen LogP contribution in [0.15, 0.2) is 80.1 Å². The summed E-state index contributed by atoms with van der Waals surface area (Å²) >= 11 is 4.59. The minimum absolute atomic E-state index is 0.162. The van der Waals surface area contributed by atoms with Crippen LogP contribution in [0.3, 0.4) is 0 Å². The molecular formula is C29H22BrN3O5S. The Labute approximate surface area is 235 Å². The van der Waals surface area contributed by atoms with Gasteiger partial charge in [-0.15, -0.1) is 0 Å². The molecule has 0 spiro atoms. The highest BCUT2D eigenvalue weighted by Crippen LogP contribution is 2.40. The van der Waals surface area contributed by atoms with Gasteiger partial charge in [-0.05, 0) is 48.9 Å². The van der Waals surface area contributed by atoms with E-state index in [4.69, 9.17) is 9.47 Å². The van der Waals surface area contributed by atoms with Crippen LogP contribution in [0.4, 0.5) is 5.69 Å². The number of nitrogens with zero attached hydrogens (tertiary/aromatic N) is 2. The smallest absolute Gasteiger partial charge is 0.338 e. The maximum Gasteiger partial charge on any atom is 0.338 e. The molecule has 1 aromatic heterocycles. The fourth-order valence-corrected chi connectivity index (χ4v) is 6.72. The number of allylic oxidation sites excluding steroid dienone is 1. The second-order valence-electron chi connectivity index (χ2n) is 9.04. The number of fused-ring (bicyclic) bond motifs is 3. The van der Waals surface area contributed by atoms with Crippen molar-refractivity contribution < 1.29 is 19.1 Å². The molecule has 0 aliphatic carbocycles. The average Bonchev–Trinajstić information content (AvgIpc) is 3.41. The summed E-state index contributed by atoms with van der Waals surface area (Å²) < 4.78 is 13.7. The molecule has 8 nitrogen and oxygen atoms in total. The molecule has 39 heavy (non-hydrogen) atoms. The highest BCUT2D eigenvalue weighted by atomic mass is 79.9. The summed E-state index contributed by atoms with van der Waals surface area (Å²) in [5, 5.41) is 4.59. The molecule has 1 N–H and O–H groups in total. The van der Waals surface area contributed by atoms with Crippen LogP contribution in [-0.4, -0.2) is 30.2 Å². The van der Waals surface area contributed by atoms with E-state index in [0.29, 0.717) is 33.1 Å². The lowest BCUT2D eigenvalue weighted by Gasteiger charge is -2.27. The molecule has 0 radical (unpaired) electrons. The van der Waals surface area contributed by atoms with E-state index in [2.05, 4.69) is 26.2 Å². The number of methoxy groups -OCH3 is 1. The number of benzene rings is 3. The fraction of sp³-hybridized carbons (Fsp3) is 0.172. The number of esters is 1. The second-order valence-corrected chi connectivity index (χ2v) is 10.9. The van der Waals surface area contributed by atoms with Crippen molar-refractivity contribution in [3.8, 4) is 5.75 Å². The number of anilines is 1. The van der Waals surface area contributed by atoms with Crippen LogP contribution in [0.25, 0.3) is 16.3 Å². The van der Waals surface area contributed by atoms with E-state index in [1.165, 1.54) is 4.57 Å². The first-order chi connectivity index (χ1) is 18.8. The molecule has 3 aromatic carbocycles. The van der Waals surface area contributed by atoms with Crippen LogP contribution in [-0.2, 0) is 14.3 Å². The zero-order valence-electron chi connectivity index (χ0n) is 21.2. The number of rotatable bonds is 4. The van der Waals surface area contributed by atoms with E-state index in [1.807, 2.05) is 42.5 Å². The quantitative estimate of drug-likeness (QED) is 0.355. The number of halogens is 1. The van der Waals surface area contributed by atoms with Gasteiger partial charge < -0.3 is 14.8 Å². The normalized spacial score (nSPS) is 17.4. The number of carbonyl (C=O) groups is 2. The fourth-order valence-electron chi connectivity index (χ4n) is 5.22. The maximum atomic E-state index is 14.3. The van der Waals surface area contributed by atoms with E-state index in [1.54, 1.807) is 33.1 Å². The van der Waals surface area contributed by atoms with Gasteiger partial charge in [-0.2, -0.15) is 0 Å². The molecule has 0 fully saturated rings. The number of amides is 1. The second kappa shape index (κ2) is 9.62. The van der Waals surface area contributed by atoms with E-state index in [0.717, 1.165) is 26.6 Å². The van der Waals surface area contributed by atoms with Gasteiger partial charge >= 0.3 is 5.97 Å². The summed E-state index contributed by atoms with van der Waals surface area (Å²) in [5.41, 5.74) is 2.42. The summed E-state index contributed by atoms with van der Waals surface area (Å²) in [7, 11) is 1.55. The van der Waals surface area contributed by atoms with Gasteiger partial charge in [0.2, 0.25) is 0 Å². The van der Waals surface area contributed by atoms with Crippen molar-refractivity contribution in [3.63, 3.8) is 0 Å². The van der Waals surface area contributed by atoms with Crippen molar-refractivity contribution >= 4 is 61.2 Å². The molecule has 0 unspecified atom stereocenters. The molecule has 0 bridgehead atoms. The number of aromatic nitrogens is 1. The Balaban J connectivity index is 1.73. The molecular weight excluding hydrogens is 582 g/mol. The van der Waals surface area contributed by atoms with E-state index in [-0.39, 0.29) is 28.2 Å². The Hall–Kier alpha value is -4.02. The molecule has 2 aliphatic heterocycles. The molecule has 3 heterocycles. The van der Waals surface area contributed by atoms with Crippen molar-refractivity contribution in [2.75, 3.05) is 19.0 Å². The van der Waals surface area contributed by atoms with E-state index >= 15 is 0 Å². The summed E-state index contributed by atoms with van der Waals surface area (Å²) in [5.74, 6) is -0.417. The summed E-state index contributed by atoms with van der Waals surface area (Å²) in [4.78, 5) is 45.8. The molecule has 0 saturated carbocycles. The number of carbonyl (C=O) groups excluding carboxylic acids is 2. The van der Waals surface area contributed by atoms with Gasteiger partial charge in [0.1, 0.15) is 16.3 Å². The summed E-state index contributed by atoms with van der Waals surface area (Å²) in [6.07, 6.45) is 0. The summed E-state index contributed by atoms with van der Waals surface area (Å²) in [6.45, 7) is 3.62. The molecule has 1 amide bonds. The monoisotopic (exact) mass is 603 g/mol. The lowest BCUT2D eigenvalue weighted by molar-refractivity contribution is -0.139. The van der Waals surface area contributed by atoms with Crippen molar-refractivity contribution in [3.05, 3.63) is 101 Å². The topological polar surface area (TPSA) is 99.0 Å². The Morgan fingerprint density at radius 3 is 2.72 bits per heavy atom. The van der Waals surface area contributed by atoms with Gasteiger partial charge in [0, 0.05) is 21.3 Å². The van der Waals surface area contributed by atoms with Crippen LogP contribution in [0.5, 0.6) is 5.75 Å². The van der Waals surface area contributed by atoms with Crippen LogP contribution in [0.2, 0.25) is 0 Å². The number of hydrogen-bond donors (Lipinski definition) is 1. The highest BCUT2D eigenvalue weighted by Gasteiger charge is 2.37. The minimum atomic E-state index is -0.887. The van der Waals surface area contributed by atoms with Crippen LogP contribution >= 0.6 is 27.3 Å². The summed E-state index contributed by atoms with van der Waals surface area (Å²) in [6, 6.07) is 16.0. The minimum Gasteiger partial charge on any atom is -0.496 e. The van der Waals surface area contributed by atoms with Gasteiger partial charge in [0.25, 0.3) is 11.5 Å². The van der Waals surface area contributed by atoms with Gasteiger partial charge in [-0.3, -0.25) is 14.2 Å². The molecule has 4 aromatic rings. The number of hydrogen-bond acceptors (Lipinski definition) is 7. The first-order valence-electron chi connectivity index (χ1n) is 12.2. The van der Waals surface area contributed by atoms with Crippen LogP contribution in [0.1, 0.15) is 31.0 Å². The van der Waals surface area contributed by atoms with Crippen molar-refractivity contribution in [2.24, 2.45) is 4.99 Å². The van der Waals surface area contributed by atoms with Gasteiger partial charge in [-0.1, -0.05) is 57.6 Å². The largest absolute Gasteiger partial charge is 0.496 e. The van der Waals surface area contributed by atoms with E-state index < -0.39 is 17.6 Å². The van der Waals surface area contributed by atoms with Crippen LogP contribution in [0, 0.1) is 0 Å². The SMILES string of the molecule is CCOC(=O)C1=C(C)N=c2s/c(=C3\C(=O)Nc4ccc(Br)cc43)c(=O)n2[C@@H]1c1c(OC)ccc2ccccc12. The Morgan fingerprint density at radius 1 is 1.15 bits per heavy atom. The lowest BCUT2D eigenvalue weighted by Crippen LogP contribution is -2.40. The maximum absolute atomic E-state index is 14.3. The lowest BCUT2D eigenvalue weighted by atomic mass is 9.90. The predicted molar refractivity (Wildman–Crippen MR) is 153 cm³/mol. The Bertz CT molecular complexity index is 1940. The molecule has 196 valence electrons. The zero-order valence-corrected chi connectivity index (χ0v) is 23.6. The third-order valence-electron chi connectivity index (χ3n) is 6.87. The van der Waals surface area contributed by atoms with E-state index in [9.17, 15) is 14.4 Å². The molecule has 0 saturated heterocycles. The first-order valence-corrected chi connectivity index (χ1v) is 13.8. The highest BCUT2D eigenvalue weighted by molar-refractivity contribution is 9.10. The Kier molecular flexibility index (Phi) is 6.23. The van der Waals surface area contributed by atoms with Gasteiger partial charge in [0.05, 0.1) is 30.6 Å². The molecule has 1 atom stereocenters. The molecule has 2 aliphatic rings. The number of ether oxygens (including phenoxy) is 2. The predicted octanol–water partition coefficient (Wildman–Crippen LogP) is 4.04. The Morgan fingerprint density at radius 2 is 1.95 bits per heavy atom. The number of thiazole rings is 1. The third kappa shape index (κ3) is 3.93. The first kappa shape index (κ1) is 25.3. The molecule has 10 heteroatoms. The van der Waals surface area contributed by atoms with Gasteiger partial charge in [0.15, 0.2) is 4.80 Å². The van der Waals surface area contributed by atoms with Crippen molar-refractivity contribution in [2.45, 2.75) is 19.9 Å². The average molecular weight is 604 g/mol. The molecule has 6 rings (SSSR count). The third-order valence-corrected chi connectivity index (χ3v) is 8.42. The zero-order chi connectivity index (χ0) is 27.4. The van der Waals surface area contributed by atoms with Crippen LogP contribution < -0.4 is 24.9 Å². The standard InChI is InChI=1S/C29H22BrN3O5S/c1-4-38-28(36)21-14(2)31-29-33(24(21)22-17-8-6-5-7-15(17)9-12-20(22)37-3)27(35)25(39-29)23-18-13-16(30)10-11-19(18)32-26(23)34/h5-13,24H,4H2,1-3H3,(H,32,34)/b25-23-/t24-/m0/s1. The van der Waals surface area contributed by atoms with Crippen molar-refractivity contribution in [1.82, 2.24) is 4.57 Å². The van der Waals surface area contributed by atoms with Crippen molar-refractivity contribution in [1.29, 1.82) is 0 Å².